The van der Waals surface area contributed by atoms with Crippen LogP contribution in [0.1, 0.15) is 96.8 Å². The molecule has 10 aliphatic rings. The zero-order chi connectivity index (χ0) is 35.0. The van der Waals surface area contributed by atoms with Gasteiger partial charge in [0, 0.05) is 51.6 Å². The van der Waals surface area contributed by atoms with E-state index in [1.165, 1.54) is 0 Å². The van der Waals surface area contributed by atoms with E-state index in [1.54, 1.807) is 7.11 Å². The van der Waals surface area contributed by atoms with Crippen LogP contribution in [0.3, 0.4) is 0 Å². The Bertz CT molecular complexity index is 1300. The standard InChI is InChI=1S/C39H58O12/c1-19-10-23-4-6-28-20(2)12-25(45-28)8-9-39-17-32-35(50-39)36-37(49-32)38(51-39)34-29(48-36)7-5-24(46-34)13-21(41)14-27-30(16-26(11-19)44-23)47-31(33(27)43-3)15-22(42)18-40/h19,22-38,40,42H,2,4-18H2,1,3H3/t19?,22?,23?,24?,25?,26?,27?,28?,29?,30-,31?,32?,33+,34-,35?,36-,37?,38?,39+/m0/s1. The lowest BCUT2D eigenvalue weighted by molar-refractivity contribution is -0.292. The quantitative estimate of drug-likeness (QED) is 0.413. The van der Waals surface area contributed by atoms with Gasteiger partial charge in [-0.25, -0.2) is 0 Å². The maximum Gasteiger partial charge on any atom is 0.172 e. The Morgan fingerprint density at radius 1 is 0.784 bits per heavy atom. The predicted octanol–water partition coefficient (Wildman–Crippen LogP) is 3.31. The van der Waals surface area contributed by atoms with Gasteiger partial charge < -0.3 is 52.8 Å². The molecule has 0 radical (unpaired) electrons. The Morgan fingerprint density at radius 2 is 1.55 bits per heavy atom. The number of hydrogen-bond acceptors (Lipinski definition) is 12. The Labute approximate surface area is 301 Å². The molecule has 10 rings (SSSR count). The summed E-state index contributed by atoms with van der Waals surface area (Å²) in [5, 5.41) is 20.0. The van der Waals surface area contributed by atoms with Gasteiger partial charge in [-0.1, -0.05) is 13.5 Å². The highest BCUT2D eigenvalue weighted by atomic mass is 16.8. The second-order valence-corrected chi connectivity index (χ2v) is 17.4. The molecule has 51 heavy (non-hydrogen) atoms. The van der Waals surface area contributed by atoms with Crippen molar-refractivity contribution in [3.63, 3.8) is 0 Å². The minimum Gasteiger partial charge on any atom is -0.394 e. The number of ether oxygens (including phenoxy) is 9. The Balaban J connectivity index is 0.983. The molecule has 12 nitrogen and oxygen atoms in total. The van der Waals surface area contributed by atoms with E-state index in [2.05, 4.69) is 13.5 Å². The van der Waals surface area contributed by atoms with E-state index >= 15 is 0 Å². The van der Waals surface area contributed by atoms with E-state index in [9.17, 15) is 15.0 Å². The molecule has 10 fully saturated rings. The van der Waals surface area contributed by atoms with Crippen molar-refractivity contribution >= 4 is 5.78 Å². The smallest absolute Gasteiger partial charge is 0.172 e. The summed E-state index contributed by atoms with van der Waals surface area (Å²) in [5.74, 6) is -0.394. The van der Waals surface area contributed by atoms with Gasteiger partial charge in [0.1, 0.15) is 36.3 Å². The Morgan fingerprint density at radius 3 is 2.39 bits per heavy atom. The largest absolute Gasteiger partial charge is 0.394 e. The summed E-state index contributed by atoms with van der Waals surface area (Å²) in [5.41, 5.74) is 1.15. The second-order valence-electron chi connectivity index (χ2n) is 17.4. The van der Waals surface area contributed by atoms with Crippen LogP contribution in [0.4, 0.5) is 0 Å². The number of hydrogen-bond donors (Lipinski definition) is 2. The molecule has 0 aliphatic carbocycles. The molecule has 0 aromatic carbocycles. The summed E-state index contributed by atoms with van der Waals surface area (Å²) in [6, 6.07) is 0. The lowest BCUT2D eigenvalue weighted by Gasteiger charge is -2.47. The molecule has 0 saturated carbocycles. The lowest BCUT2D eigenvalue weighted by atomic mass is 9.83. The number of methoxy groups -OCH3 is 1. The van der Waals surface area contributed by atoms with Crippen molar-refractivity contribution in [1.29, 1.82) is 0 Å². The third kappa shape index (κ3) is 6.81. The molecule has 0 aromatic rings. The average molecular weight is 719 g/mol. The third-order valence-corrected chi connectivity index (χ3v) is 13.7. The number of aliphatic hydroxyl groups excluding tert-OH is 2. The van der Waals surface area contributed by atoms with Gasteiger partial charge in [-0.3, -0.25) is 4.79 Å². The van der Waals surface area contributed by atoms with Crippen LogP contribution in [-0.4, -0.2) is 133 Å². The van der Waals surface area contributed by atoms with Crippen molar-refractivity contribution in [3.05, 3.63) is 12.2 Å². The van der Waals surface area contributed by atoms with Gasteiger partial charge in [0.15, 0.2) is 5.79 Å². The van der Waals surface area contributed by atoms with E-state index in [0.717, 1.165) is 56.9 Å². The molecule has 0 amide bonds. The normalized spacial score (nSPS) is 53.1. The number of ketones is 1. The van der Waals surface area contributed by atoms with Crippen LogP contribution in [-0.2, 0) is 47.4 Å². The maximum atomic E-state index is 14.0. The molecule has 12 bridgehead atoms. The van der Waals surface area contributed by atoms with Crippen molar-refractivity contribution in [2.45, 2.75) is 200 Å². The lowest BCUT2D eigenvalue weighted by Crippen LogP contribution is -2.61. The number of aliphatic hydroxyl groups is 2. The predicted molar refractivity (Wildman–Crippen MR) is 180 cm³/mol. The van der Waals surface area contributed by atoms with Crippen molar-refractivity contribution in [3.8, 4) is 0 Å². The van der Waals surface area contributed by atoms with E-state index in [0.29, 0.717) is 25.2 Å². The van der Waals surface area contributed by atoms with Gasteiger partial charge in [0.25, 0.3) is 0 Å². The third-order valence-electron chi connectivity index (χ3n) is 13.7. The van der Waals surface area contributed by atoms with Gasteiger partial charge in [-0.2, -0.15) is 0 Å². The number of carbonyl (C=O) groups excluding carboxylic acids is 1. The molecule has 12 heteroatoms. The first-order chi connectivity index (χ1) is 24.7. The molecule has 14 unspecified atom stereocenters. The highest BCUT2D eigenvalue weighted by Crippen LogP contribution is 2.54. The Kier molecular flexibility index (Phi) is 9.95. The van der Waals surface area contributed by atoms with Crippen LogP contribution in [0.5, 0.6) is 0 Å². The van der Waals surface area contributed by atoms with Crippen molar-refractivity contribution in [2.24, 2.45) is 11.8 Å². The van der Waals surface area contributed by atoms with Crippen LogP contribution < -0.4 is 0 Å². The van der Waals surface area contributed by atoms with E-state index in [4.69, 9.17) is 42.6 Å². The molecule has 286 valence electrons. The number of rotatable bonds is 4. The van der Waals surface area contributed by atoms with Crippen molar-refractivity contribution in [1.82, 2.24) is 0 Å². The van der Waals surface area contributed by atoms with Gasteiger partial charge in [0.05, 0.1) is 73.8 Å². The highest BCUT2D eigenvalue weighted by molar-refractivity contribution is 5.79. The molecule has 2 N–H and O–H groups in total. The summed E-state index contributed by atoms with van der Waals surface area (Å²) in [6.45, 7) is 6.36. The van der Waals surface area contributed by atoms with Gasteiger partial charge in [0.2, 0.25) is 0 Å². The summed E-state index contributed by atoms with van der Waals surface area (Å²) >= 11 is 0. The second kappa shape index (κ2) is 14.2. The van der Waals surface area contributed by atoms with E-state index < -0.39 is 24.1 Å². The fourth-order valence-electron chi connectivity index (χ4n) is 11.4. The SMILES string of the molecule is C=C1CC2CC[C@]34CC5OC6C(O3)[C@H]3OC(CCC3O[C@H]6C5O4)CC(=O)CC3[C@@H](OC)C(CC(O)CO)O[C@H]3CC3CC(C)CC(CCC1O2)O3. The minimum absolute atomic E-state index is 0.00348. The maximum absolute atomic E-state index is 14.0. The monoisotopic (exact) mass is 718 g/mol. The van der Waals surface area contributed by atoms with Crippen molar-refractivity contribution < 1.29 is 57.6 Å². The summed E-state index contributed by atoms with van der Waals surface area (Å²) in [4.78, 5) is 14.0. The minimum atomic E-state index is -0.928. The number of fused-ring (bicyclic) bond motifs is 6. The molecule has 19 atom stereocenters. The Hall–Kier alpha value is -1.03. The first-order valence-corrected chi connectivity index (χ1v) is 20.0. The first kappa shape index (κ1) is 35.7. The van der Waals surface area contributed by atoms with E-state index in [-0.39, 0.29) is 117 Å². The molecule has 10 aliphatic heterocycles. The molecule has 1 spiro atoms. The number of carbonyl (C=O) groups is 1. The highest BCUT2D eigenvalue weighted by Gasteiger charge is 2.68. The zero-order valence-corrected chi connectivity index (χ0v) is 30.2. The van der Waals surface area contributed by atoms with Crippen LogP contribution in [0.25, 0.3) is 0 Å². The van der Waals surface area contributed by atoms with Crippen LogP contribution in [0, 0.1) is 11.8 Å². The topological polar surface area (TPSA) is 141 Å². The van der Waals surface area contributed by atoms with Gasteiger partial charge in [-0.15, -0.1) is 0 Å². The van der Waals surface area contributed by atoms with Gasteiger partial charge >= 0.3 is 0 Å². The van der Waals surface area contributed by atoms with Crippen LogP contribution in [0.15, 0.2) is 12.2 Å². The summed E-state index contributed by atoms with van der Waals surface area (Å²) in [7, 11) is 1.64. The molecule has 10 heterocycles. The molecule has 10 saturated heterocycles. The fourth-order valence-corrected chi connectivity index (χ4v) is 11.4. The molecular weight excluding hydrogens is 660 g/mol. The van der Waals surface area contributed by atoms with E-state index in [1.807, 2.05) is 0 Å². The fraction of sp³-hybridized carbons (Fsp3) is 0.923. The zero-order valence-electron chi connectivity index (χ0n) is 30.2. The van der Waals surface area contributed by atoms with Crippen molar-refractivity contribution in [2.75, 3.05) is 13.7 Å². The molecular formula is C39H58O12. The average Bonchev–Trinajstić information content (AvgIpc) is 3.77. The first-order valence-electron chi connectivity index (χ1n) is 20.0. The van der Waals surface area contributed by atoms with Crippen LogP contribution >= 0.6 is 0 Å². The van der Waals surface area contributed by atoms with Gasteiger partial charge in [-0.05, 0) is 62.9 Å². The molecule has 0 aromatic heterocycles. The summed E-state index contributed by atoms with van der Waals surface area (Å²) in [6.07, 6.45) is 6.02. The summed E-state index contributed by atoms with van der Waals surface area (Å²) < 4.78 is 59.8. The number of Topliss-reactive ketones (excluding diaryl/α,β-unsaturated/α-hetero) is 1. The van der Waals surface area contributed by atoms with Crippen LogP contribution in [0.2, 0.25) is 0 Å².